The Morgan fingerprint density at radius 1 is 1.28 bits per heavy atom. The molecule has 0 aliphatic heterocycles. The van der Waals surface area contributed by atoms with E-state index in [1.165, 1.54) is 0 Å². The molecule has 1 saturated carbocycles. The monoisotopic (exact) mass is 256 g/mol. The lowest BCUT2D eigenvalue weighted by molar-refractivity contribution is -0.149. The third-order valence-electron chi connectivity index (χ3n) is 3.97. The van der Waals surface area contributed by atoms with E-state index in [9.17, 15) is 14.7 Å². The molecule has 0 aromatic heterocycles. The molecule has 1 fully saturated rings. The van der Waals surface area contributed by atoms with Crippen molar-refractivity contribution in [3.63, 3.8) is 0 Å². The van der Waals surface area contributed by atoms with E-state index in [0.29, 0.717) is 25.4 Å². The molecular formula is C13H24N2O3. The van der Waals surface area contributed by atoms with Crippen LogP contribution in [0.25, 0.3) is 0 Å². The quantitative estimate of drug-likeness (QED) is 0.732. The van der Waals surface area contributed by atoms with Crippen LogP contribution < -0.4 is 5.32 Å². The molecule has 0 saturated heterocycles. The number of urea groups is 1. The Morgan fingerprint density at radius 2 is 1.83 bits per heavy atom. The fourth-order valence-corrected chi connectivity index (χ4v) is 2.18. The normalized spacial score (nSPS) is 15.3. The van der Waals surface area contributed by atoms with Gasteiger partial charge in [0.05, 0.1) is 5.41 Å². The van der Waals surface area contributed by atoms with Crippen LogP contribution in [0.15, 0.2) is 0 Å². The molecule has 0 aromatic rings. The number of nitrogens with one attached hydrogen (secondary N) is 1. The van der Waals surface area contributed by atoms with Crippen molar-refractivity contribution in [2.24, 2.45) is 5.41 Å². The van der Waals surface area contributed by atoms with E-state index in [0.717, 1.165) is 12.8 Å². The summed E-state index contributed by atoms with van der Waals surface area (Å²) in [5, 5.41) is 12.1. The summed E-state index contributed by atoms with van der Waals surface area (Å²) in [5.41, 5.74) is -0.835. The molecule has 0 spiro atoms. The number of carbonyl (C=O) groups excluding carboxylic acids is 1. The Labute approximate surface area is 109 Å². The molecule has 0 heterocycles. The smallest absolute Gasteiger partial charge is 0.317 e. The Hall–Kier alpha value is -1.26. The van der Waals surface area contributed by atoms with Crippen LogP contribution in [0.1, 0.15) is 46.5 Å². The van der Waals surface area contributed by atoms with E-state index in [1.807, 2.05) is 20.8 Å². The molecule has 0 aromatic carbocycles. The minimum Gasteiger partial charge on any atom is -0.481 e. The van der Waals surface area contributed by atoms with Gasteiger partial charge in [0.1, 0.15) is 0 Å². The topological polar surface area (TPSA) is 69.6 Å². The standard InChI is InChI=1S/C13H24N2O3/c1-4-13(5-2,11(16)17)9-14-12(18)15(6-3)10-7-8-10/h10H,4-9H2,1-3H3,(H,14,18)(H,16,17). The van der Waals surface area contributed by atoms with Gasteiger partial charge in [-0.1, -0.05) is 13.8 Å². The zero-order chi connectivity index (χ0) is 13.8. The Bertz CT molecular complexity index is 309. The Kier molecular flexibility index (Phi) is 4.99. The van der Waals surface area contributed by atoms with Gasteiger partial charge in [0, 0.05) is 19.1 Å². The highest BCUT2D eigenvalue weighted by atomic mass is 16.4. The Balaban J connectivity index is 2.56. The molecule has 5 heteroatoms. The molecule has 104 valence electrons. The molecule has 1 aliphatic carbocycles. The number of amides is 2. The van der Waals surface area contributed by atoms with Gasteiger partial charge in [-0.3, -0.25) is 4.79 Å². The summed E-state index contributed by atoms with van der Waals surface area (Å²) in [4.78, 5) is 25.1. The second-order valence-corrected chi connectivity index (χ2v) is 4.97. The first-order valence-electron chi connectivity index (χ1n) is 6.78. The molecule has 5 nitrogen and oxygen atoms in total. The number of carbonyl (C=O) groups is 2. The summed E-state index contributed by atoms with van der Waals surface area (Å²) < 4.78 is 0. The van der Waals surface area contributed by atoms with E-state index in [1.54, 1.807) is 4.90 Å². The average molecular weight is 256 g/mol. The lowest BCUT2D eigenvalue weighted by atomic mass is 9.82. The summed E-state index contributed by atoms with van der Waals surface area (Å²) in [7, 11) is 0. The number of carboxylic acid groups (broad SMARTS) is 1. The molecule has 2 amide bonds. The minimum atomic E-state index is -0.835. The number of aliphatic carboxylic acids is 1. The van der Waals surface area contributed by atoms with Crippen molar-refractivity contribution in [3.8, 4) is 0 Å². The van der Waals surface area contributed by atoms with Gasteiger partial charge in [-0.15, -0.1) is 0 Å². The van der Waals surface area contributed by atoms with Gasteiger partial charge in [0.2, 0.25) is 0 Å². The van der Waals surface area contributed by atoms with Gasteiger partial charge in [-0.05, 0) is 32.6 Å². The molecule has 0 unspecified atom stereocenters. The van der Waals surface area contributed by atoms with Crippen LogP contribution in [0.5, 0.6) is 0 Å². The predicted octanol–water partition coefficient (Wildman–Crippen LogP) is 2.07. The van der Waals surface area contributed by atoms with Crippen molar-refractivity contribution in [2.75, 3.05) is 13.1 Å². The number of hydrogen-bond acceptors (Lipinski definition) is 2. The number of hydrogen-bond donors (Lipinski definition) is 2. The van der Waals surface area contributed by atoms with Crippen LogP contribution >= 0.6 is 0 Å². The maximum atomic E-state index is 12.0. The van der Waals surface area contributed by atoms with E-state index >= 15 is 0 Å². The fourth-order valence-electron chi connectivity index (χ4n) is 2.18. The number of carboxylic acids is 1. The third kappa shape index (κ3) is 3.15. The van der Waals surface area contributed by atoms with Gasteiger partial charge in [-0.25, -0.2) is 4.79 Å². The molecule has 0 bridgehead atoms. The zero-order valence-corrected chi connectivity index (χ0v) is 11.5. The number of rotatable bonds is 7. The van der Waals surface area contributed by atoms with Crippen molar-refractivity contribution in [3.05, 3.63) is 0 Å². The summed E-state index contributed by atoms with van der Waals surface area (Å²) in [6.45, 7) is 6.53. The van der Waals surface area contributed by atoms with Crippen molar-refractivity contribution in [1.82, 2.24) is 10.2 Å². The van der Waals surface area contributed by atoms with Crippen LogP contribution in [0.2, 0.25) is 0 Å². The highest BCUT2D eigenvalue weighted by molar-refractivity contribution is 5.78. The van der Waals surface area contributed by atoms with E-state index in [-0.39, 0.29) is 12.6 Å². The second kappa shape index (κ2) is 6.07. The van der Waals surface area contributed by atoms with Crippen LogP contribution in [-0.4, -0.2) is 41.1 Å². The summed E-state index contributed by atoms with van der Waals surface area (Å²) >= 11 is 0. The molecule has 0 atom stereocenters. The van der Waals surface area contributed by atoms with Crippen LogP contribution in [0.3, 0.4) is 0 Å². The minimum absolute atomic E-state index is 0.132. The predicted molar refractivity (Wildman–Crippen MR) is 69.5 cm³/mol. The molecular weight excluding hydrogens is 232 g/mol. The third-order valence-corrected chi connectivity index (χ3v) is 3.97. The highest BCUT2D eigenvalue weighted by Crippen LogP contribution is 2.28. The lowest BCUT2D eigenvalue weighted by Crippen LogP contribution is -2.48. The SMILES string of the molecule is CCN(C(=O)NCC(CC)(CC)C(=O)O)C1CC1. The number of nitrogens with zero attached hydrogens (tertiary/aromatic N) is 1. The zero-order valence-electron chi connectivity index (χ0n) is 11.5. The second-order valence-electron chi connectivity index (χ2n) is 4.97. The van der Waals surface area contributed by atoms with Gasteiger partial charge in [0.15, 0.2) is 0 Å². The highest BCUT2D eigenvalue weighted by Gasteiger charge is 2.37. The van der Waals surface area contributed by atoms with Crippen LogP contribution in [0, 0.1) is 5.41 Å². The van der Waals surface area contributed by atoms with Gasteiger partial charge in [0.25, 0.3) is 0 Å². The van der Waals surface area contributed by atoms with Crippen molar-refractivity contribution in [1.29, 1.82) is 0 Å². The average Bonchev–Trinajstić information content (AvgIpc) is 3.16. The molecule has 1 rings (SSSR count). The van der Waals surface area contributed by atoms with Gasteiger partial charge >= 0.3 is 12.0 Å². The van der Waals surface area contributed by atoms with Crippen LogP contribution in [-0.2, 0) is 4.79 Å². The van der Waals surface area contributed by atoms with Crippen molar-refractivity contribution >= 4 is 12.0 Å². The Morgan fingerprint density at radius 3 is 2.17 bits per heavy atom. The van der Waals surface area contributed by atoms with E-state index < -0.39 is 11.4 Å². The maximum Gasteiger partial charge on any atom is 0.317 e. The first kappa shape index (κ1) is 14.8. The van der Waals surface area contributed by atoms with Crippen molar-refractivity contribution < 1.29 is 14.7 Å². The maximum absolute atomic E-state index is 12.0. The summed E-state index contributed by atoms with van der Waals surface area (Å²) in [6, 6.07) is 0.227. The first-order chi connectivity index (χ1) is 8.50. The van der Waals surface area contributed by atoms with Gasteiger partial charge < -0.3 is 15.3 Å². The first-order valence-corrected chi connectivity index (χ1v) is 6.78. The molecule has 2 N–H and O–H groups in total. The lowest BCUT2D eigenvalue weighted by Gasteiger charge is -2.29. The summed E-state index contributed by atoms with van der Waals surface area (Å²) in [5.74, 6) is -0.831. The van der Waals surface area contributed by atoms with E-state index in [4.69, 9.17) is 0 Å². The largest absolute Gasteiger partial charge is 0.481 e. The molecule has 0 radical (unpaired) electrons. The molecule has 1 aliphatic rings. The fraction of sp³-hybridized carbons (Fsp3) is 0.846. The van der Waals surface area contributed by atoms with Crippen molar-refractivity contribution in [2.45, 2.75) is 52.5 Å². The summed E-state index contributed by atoms with van der Waals surface area (Å²) in [6.07, 6.45) is 3.17. The van der Waals surface area contributed by atoms with Crippen LogP contribution in [0.4, 0.5) is 4.79 Å². The molecule has 18 heavy (non-hydrogen) atoms. The van der Waals surface area contributed by atoms with Gasteiger partial charge in [-0.2, -0.15) is 0 Å². The van der Waals surface area contributed by atoms with E-state index in [2.05, 4.69) is 5.32 Å².